The molecule has 1 aliphatic rings. The van der Waals surface area contributed by atoms with Gasteiger partial charge in [-0.3, -0.25) is 4.79 Å². The zero-order chi connectivity index (χ0) is 16.6. The van der Waals surface area contributed by atoms with E-state index in [1.807, 2.05) is 38.1 Å². The van der Waals surface area contributed by atoms with E-state index < -0.39 is 0 Å². The molecule has 4 nitrogen and oxygen atoms in total. The molecule has 0 radical (unpaired) electrons. The quantitative estimate of drug-likeness (QED) is 0.872. The predicted molar refractivity (Wildman–Crippen MR) is 91.4 cm³/mol. The number of rotatable bonds is 3. The van der Waals surface area contributed by atoms with Crippen LogP contribution in [0.1, 0.15) is 27.0 Å². The standard InChI is InChI=1S/C19H19NO3/c1-11-6-5-7-12(2)14(11)10-16-19(21)18-15(20-16)8-13(22-3)9-17(18)23-4/h5-10,20H,1-4H3/b16-10-. The van der Waals surface area contributed by atoms with Crippen molar-refractivity contribution in [1.29, 1.82) is 0 Å². The Kier molecular flexibility index (Phi) is 3.82. The monoisotopic (exact) mass is 309 g/mol. The van der Waals surface area contributed by atoms with Crippen LogP contribution in [0.15, 0.2) is 36.0 Å². The van der Waals surface area contributed by atoms with Crippen molar-refractivity contribution in [3.05, 3.63) is 58.3 Å². The molecular weight excluding hydrogens is 290 g/mol. The van der Waals surface area contributed by atoms with Gasteiger partial charge in [-0.1, -0.05) is 18.2 Å². The van der Waals surface area contributed by atoms with Crippen molar-refractivity contribution in [3.63, 3.8) is 0 Å². The van der Waals surface area contributed by atoms with Crippen molar-refractivity contribution in [2.75, 3.05) is 19.5 Å². The van der Waals surface area contributed by atoms with E-state index in [9.17, 15) is 4.79 Å². The van der Waals surface area contributed by atoms with Gasteiger partial charge < -0.3 is 14.8 Å². The number of hydrogen-bond acceptors (Lipinski definition) is 4. The van der Waals surface area contributed by atoms with Gasteiger partial charge in [0.1, 0.15) is 11.5 Å². The molecule has 2 aromatic rings. The maximum atomic E-state index is 12.8. The number of ketones is 1. The second kappa shape index (κ2) is 5.80. The van der Waals surface area contributed by atoms with Crippen molar-refractivity contribution in [1.82, 2.24) is 0 Å². The number of benzene rings is 2. The van der Waals surface area contributed by atoms with Crippen LogP contribution in [0.2, 0.25) is 0 Å². The van der Waals surface area contributed by atoms with Crippen LogP contribution in [-0.4, -0.2) is 20.0 Å². The van der Waals surface area contributed by atoms with Gasteiger partial charge in [-0.15, -0.1) is 0 Å². The Hall–Kier alpha value is -2.75. The molecule has 0 amide bonds. The molecule has 2 aromatic carbocycles. The third kappa shape index (κ3) is 2.57. The minimum Gasteiger partial charge on any atom is -0.497 e. The van der Waals surface area contributed by atoms with Gasteiger partial charge >= 0.3 is 0 Å². The number of hydrogen-bond donors (Lipinski definition) is 1. The Morgan fingerprint density at radius 1 is 1.04 bits per heavy atom. The zero-order valence-electron chi connectivity index (χ0n) is 13.7. The summed E-state index contributed by atoms with van der Waals surface area (Å²) >= 11 is 0. The Balaban J connectivity index is 2.09. The molecule has 0 aliphatic carbocycles. The summed E-state index contributed by atoms with van der Waals surface area (Å²) in [6, 6.07) is 9.62. The summed E-state index contributed by atoms with van der Waals surface area (Å²) < 4.78 is 10.6. The number of methoxy groups -OCH3 is 2. The summed E-state index contributed by atoms with van der Waals surface area (Å²) in [5.74, 6) is 1.10. The van der Waals surface area contributed by atoms with E-state index in [0.29, 0.717) is 28.4 Å². The fourth-order valence-corrected chi connectivity index (χ4v) is 2.84. The summed E-state index contributed by atoms with van der Waals surface area (Å²) in [6.45, 7) is 4.07. The number of nitrogens with one attached hydrogen (secondary N) is 1. The van der Waals surface area contributed by atoms with Gasteiger partial charge in [-0.25, -0.2) is 0 Å². The number of carbonyl (C=O) groups excluding carboxylic acids is 1. The van der Waals surface area contributed by atoms with Crippen LogP contribution >= 0.6 is 0 Å². The Bertz CT molecular complexity index is 801. The molecule has 0 spiro atoms. The lowest BCUT2D eigenvalue weighted by atomic mass is 10.0. The van der Waals surface area contributed by atoms with Gasteiger partial charge in [0.15, 0.2) is 0 Å². The highest BCUT2D eigenvalue weighted by molar-refractivity contribution is 6.22. The average Bonchev–Trinajstić information content (AvgIpc) is 2.86. The maximum absolute atomic E-state index is 12.8. The zero-order valence-corrected chi connectivity index (χ0v) is 13.7. The molecule has 0 atom stereocenters. The molecule has 23 heavy (non-hydrogen) atoms. The van der Waals surface area contributed by atoms with E-state index in [4.69, 9.17) is 9.47 Å². The highest BCUT2D eigenvalue weighted by Crippen LogP contribution is 2.39. The normalized spacial score (nSPS) is 14.6. The molecule has 0 saturated carbocycles. The minimum absolute atomic E-state index is 0.0674. The first-order chi connectivity index (χ1) is 11.0. The lowest BCUT2D eigenvalue weighted by Crippen LogP contribution is -2.02. The van der Waals surface area contributed by atoms with Crippen molar-refractivity contribution in [2.45, 2.75) is 13.8 Å². The van der Waals surface area contributed by atoms with Crippen LogP contribution in [0.4, 0.5) is 5.69 Å². The van der Waals surface area contributed by atoms with Gasteiger partial charge in [0.25, 0.3) is 0 Å². The molecule has 1 N–H and O–H groups in total. The first kappa shape index (κ1) is 15.2. The molecule has 0 aromatic heterocycles. The molecule has 1 heterocycles. The number of Topliss-reactive ketones (excluding diaryl/α,β-unsaturated/α-hetero) is 1. The SMILES string of the molecule is COc1cc2c(c(OC)c1)C(=O)/C(=C/c1c(C)cccc1C)N2. The van der Waals surface area contributed by atoms with Crippen LogP contribution in [-0.2, 0) is 0 Å². The number of aryl methyl sites for hydroxylation is 2. The highest BCUT2D eigenvalue weighted by Gasteiger charge is 2.29. The summed E-state index contributed by atoms with van der Waals surface area (Å²) in [5, 5.41) is 3.19. The molecule has 0 saturated heterocycles. The number of fused-ring (bicyclic) bond motifs is 1. The van der Waals surface area contributed by atoms with Crippen LogP contribution in [0, 0.1) is 13.8 Å². The van der Waals surface area contributed by atoms with Gasteiger partial charge in [-0.05, 0) is 36.6 Å². The van der Waals surface area contributed by atoms with Crippen molar-refractivity contribution in [2.24, 2.45) is 0 Å². The lowest BCUT2D eigenvalue weighted by molar-refractivity contribution is 0.104. The summed E-state index contributed by atoms with van der Waals surface area (Å²) in [5.41, 5.74) is 5.13. The number of carbonyl (C=O) groups is 1. The first-order valence-corrected chi connectivity index (χ1v) is 7.40. The Morgan fingerprint density at radius 3 is 2.35 bits per heavy atom. The average molecular weight is 309 g/mol. The number of allylic oxidation sites excluding steroid dienone is 1. The smallest absolute Gasteiger partial charge is 0.215 e. The predicted octanol–water partition coefficient (Wildman–Crippen LogP) is 3.97. The Morgan fingerprint density at radius 2 is 1.74 bits per heavy atom. The fourth-order valence-electron chi connectivity index (χ4n) is 2.84. The molecular formula is C19H19NO3. The van der Waals surface area contributed by atoms with Gasteiger partial charge in [-0.2, -0.15) is 0 Å². The van der Waals surface area contributed by atoms with Crippen LogP contribution in [0.3, 0.4) is 0 Å². The molecule has 0 bridgehead atoms. The van der Waals surface area contributed by atoms with E-state index >= 15 is 0 Å². The lowest BCUT2D eigenvalue weighted by Gasteiger charge is -2.08. The van der Waals surface area contributed by atoms with Crippen molar-refractivity contribution >= 4 is 17.5 Å². The number of ether oxygens (including phenoxy) is 2. The third-order valence-electron chi connectivity index (χ3n) is 4.10. The molecule has 0 fully saturated rings. The molecule has 1 aliphatic heterocycles. The highest BCUT2D eigenvalue weighted by atomic mass is 16.5. The van der Waals surface area contributed by atoms with Gasteiger partial charge in [0.05, 0.1) is 31.2 Å². The second-order valence-electron chi connectivity index (χ2n) is 5.57. The molecule has 0 unspecified atom stereocenters. The summed E-state index contributed by atoms with van der Waals surface area (Å²) in [7, 11) is 3.14. The van der Waals surface area contributed by atoms with E-state index in [1.165, 1.54) is 0 Å². The van der Waals surface area contributed by atoms with Crippen molar-refractivity contribution < 1.29 is 14.3 Å². The Labute approximate surface area is 135 Å². The number of anilines is 1. The fraction of sp³-hybridized carbons (Fsp3) is 0.211. The first-order valence-electron chi connectivity index (χ1n) is 7.40. The van der Waals surface area contributed by atoms with E-state index in [-0.39, 0.29) is 5.78 Å². The van der Waals surface area contributed by atoms with Crippen LogP contribution in [0.25, 0.3) is 6.08 Å². The minimum atomic E-state index is -0.0674. The van der Waals surface area contributed by atoms with Crippen molar-refractivity contribution in [3.8, 4) is 11.5 Å². The summed E-state index contributed by atoms with van der Waals surface area (Å²) in [6.07, 6.45) is 1.90. The van der Waals surface area contributed by atoms with Crippen LogP contribution < -0.4 is 14.8 Å². The summed E-state index contributed by atoms with van der Waals surface area (Å²) in [4.78, 5) is 12.8. The van der Waals surface area contributed by atoms with E-state index in [2.05, 4.69) is 5.32 Å². The van der Waals surface area contributed by atoms with Gasteiger partial charge in [0.2, 0.25) is 5.78 Å². The largest absolute Gasteiger partial charge is 0.497 e. The molecule has 3 rings (SSSR count). The molecule has 4 heteroatoms. The molecule has 118 valence electrons. The topological polar surface area (TPSA) is 47.6 Å². The van der Waals surface area contributed by atoms with Gasteiger partial charge in [0, 0.05) is 12.1 Å². The van der Waals surface area contributed by atoms with Crippen LogP contribution in [0.5, 0.6) is 11.5 Å². The maximum Gasteiger partial charge on any atom is 0.215 e. The van der Waals surface area contributed by atoms with E-state index in [1.54, 1.807) is 26.4 Å². The third-order valence-corrected chi connectivity index (χ3v) is 4.10. The second-order valence-corrected chi connectivity index (χ2v) is 5.57. The van der Waals surface area contributed by atoms with E-state index in [0.717, 1.165) is 16.7 Å².